The summed E-state index contributed by atoms with van der Waals surface area (Å²) in [5.41, 5.74) is 2.79. The number of benzene rings is 1. The Morgan fingerprint density at radius 3 is 2.69 bits per heavy atom. The molecule has 0 aliphatic carbocycles. The monoisotopic (exact) mass is 446 g/mol. The average Bonchev–Trinajstić information content (AvgIpc) is 3.57. The van der Waals surface area contributed by atoms with Gasteiger partial charge in [-0.1, -0.05) is 36.4 Å². The van der Waals surface area contributed by atoms with Crippen molar-refractivity contribution in [3.63, 3.8) is 0 Å². The molecular weight excluding hydrogens is 424 g/mol. The SMILES string of the molecule is O=C(/C=C/c1cn(Cc2ccccc2)nc1-c1cccs1)NCC(=O)NCc1ccco1. The number of nitrogens with zero attached hydrogens (tertiary/aromatic N) is 2. The van der Waals surface area contributed by atoms with Crippen molar-refractivity contribution in [2.45, 2.75) is 13.1 Å². The van der Waals surface area contributed by atoms with Crippen LogP contribution in [0.5, 0.6) is 0 Å². The number of thiophene rings is 1. The fourth-order valence-electron chi connectivity index (χ4n) is 3.07. The molecule has 0 saturated carbocycles. The Balaban J connectivity index is 1.38. The van der Waals surface area contributed by atoms with Crippen LogP contribution in [0.2, 0.25) is 0 Å². The maximum atomic E-state index is 12.2. The fourth-order valence-corrected chi connectivity index (χ4v) is 3.80. The summed E-state index contributed by atoms with van der Waals surface area (Å²) >= 11 is 1.59. The number of hydrogen-bond donors (Lipinski definition) is 2. The lowest BCUT2D eigenvalue weighted by atomic mass is 10.2. The minimum absolute atomic E-state index is 0.116. The normalized spacial score (nSPS) is 11.0. The Morgan fingerprint density at radius 1 is 1.06 bits per heavy atom. The van der Waals surface area contributed by atoms with Gasteiger partial charge in [-0.2, -0.15) is 5.10 Å². The molecule has 0 bridgehead atoms. The lowest BCUT2D eigenvalue weighted by Gasteiger charge is -2.03. The quantitative estimate of drug-likeness (QED) is 0.384. The van der Waals surface area contributed by atoms with Crippen molar-refractivity contribution < 1.29 is 14.0 Å². The van der Waals surface area contributed by atoms with E-state index >= 15 is 0 Å². The van der Waals surface area contributed by atoms with Gasteiger partial charge in [0.05, 0.1) is 30.8 Å². The summed E-state index contributed by atoms with van der Waals surface area (Å²) in [7, 11) is 0. The van der Waals surface area contributed by atoms with E-state index in [2.05, 4.69) is 10.6 Å². The first-order valence-electron chi connectivity index (χ1n) is 10.1. The molecule has 0 unspecified atom stereocenters. The molecular formula is C24H22N4O3S. The van der Waals surface area contributed by atoms with Crippen molar-refractivity contribution in [3.05, 3.63) is 95.4 Å². The van der Waals surface area contributed by atoms with E-state index in [0.717, 1.165) is 21.7 Å². The van der Waals surface area contributed by atoms with Crippen LogP contribution in [-0.2, 0) is 22.7 Å². The van der Waals surface area contributed by atoms with Crippen LogP contribution < -0.4 is 10.6 Å². The predicted molar refractivity (Wildman–Crippen MR) is 124 cm³/mol. The van der Waals surface area contributed by atoms with Crippen molar-refractivity contribution in [1.82, 2.24) is 20.4 Å². The molecule has 0 saturated heterocycles. The van der Waals surface area contributed by atoms with E-state index in [9.17, 15) is 9.59 Å². The van der Waals surface area contributed by atoms with Crippen molar-refractivity contribution in [1.29, 1.82) is 0 Å². The third kappa shape index (κ3) is 5.83. The highest BCUT2D eigenvalue weighted by molar-refractivity contribution is 7.13. The van der Waals surface area contributed by atoms with Gasteiger partial charge in [0.25, 0.3) is 0 Å². The molecule has 8 heteroatoms. The molecule has 2 N–H and O–H groups in total. The van der Waals surface area contributed by atoms with Crippen LogP contribution in [0.4, 0.5) is 0 Å². The van der Waals surface area contributed by atoms with Crippen LogP contribution in [0.25, 0.3) is 16.6 Å². The van der Waals surface area contributed by atoms with Gasteiger partial charge in [-0.05, 0) is 35.2 Å². The standard InChI is InChI=1S/C24H22N4O3S/c29-22(26-15-23(30)25-14-20-8-4-12-31-20)11-10-19-17-28(16-18-6-2-1-3-7-18)27-24(19)21-9-5-13-32-21/h1-13,17H,14-16H2,(H,25,30)(H,26,29)/b11-10+. The third-order valence-corrected chi connectivity index (χ3v) is 5.49. The summed E-state index contributed by atoms with van der Waals surface area (Å²) in [6, 6.07) is 17.6. The minimum Gasteiger partial charge on any atom is -0.467 e. The highest BCUT2D eigenvalue weighted by atomic mass is 32.1. The molecule has 0 atom stereocenters. The molecule has 2 amide bonds. The minimum atomic E-state index is -0.355. The highest BCUT2D eigenvalue weighted by Gasteiger charge is 2.11. The first kappa shape index (κ1) is 21.3. The van der Waals surface area contributed by atoms with Gasteiger partial charge >= 0.3 is 0 Å². The second-order valence-corrected chi connectivity index (χ2v) is 7.95. The summed E-state index contributed by atoms with van der Waals surface area (Å²) in [5, 5.41) is 12.0. The molecule has 32 heavy (non-hydrogen) atoms. The lowest BCUT2D eigenvalue weighted by molar-refractivity contribution is -0.124. The number of amides is 2. The highest BCUT2D eigenvalue weighted by Crippen LogP contribution is 2.27. The topological polar surface area (TPSA) is 89.2 Å². The number of rotatable bonds is 9. The van der Waals surface area contributed by atoms with Gasteiger partial charge in [0, 0.05) is 17.8 Å². The van der Waals surface area contributed by atoms with E-state index in [1.165, 1.54) is 6.08 Å². The predicted octanol–water partition coefficient (Wildman–Crippen LogP) is 3.70. The van der Waals surface area contributed by atoms with Gasteiger partial charge in [0.1, 0.15) is 11.5 Å². The first-order chi connectivity index (χ1) is 15.7. The summed E-state index contributed by atoms with van der Waals surface area (Å²) in [4.78, 5) is 25.2. The molecule has 0 fully saturated rings. The number of carbonyl (C=O) groups excluding carboxylic acids is 2. The van der Waals surface area contributed by atoms with Crippen LogP contribution in [0.3, 0.4) is 0 Å². The smallest absolute Gasteiger partial charge is 0.244 e. The number of furan rings is 1. The summed E-state index contributed by atoms with van der Waals surface area (Å²) in [5.74, 6) is 0.00221. The number of hydrogen-bond acceptors (Lipinski definition) is 5. The second-order valence-electron chi connectivity index (χ2n) is 7.00. The Kier molecular flexibility index (Phi) is 6.94. The largest absolute Gasteiger partial charge is 0.467 e. The lowest BCUT2D eigenvalue weighted by Crippen LogP contribution is -2.35. The van der Waals surface area contributed by atoms with Crippen LogP contribution >= 0.6 is 11.3 Å². The molecule has 4 rings (SSSR count). The summed E-state index contributed by atoms with van der Waals surface area (Å²) < 4.78 is 7.02. The van der Waals surface area contributed by atoms with Crippen LogP contribution in [0, 0.1) is 0 Å². The molecule has 3 aromatic heterocycles. The van der Waals surface area contributed by atoms with Crippen molar-refractivity contribution in [2.75, 3.05) is 6.54 Å². The van der Waals surface area contributed by atoms with Crippen LogP contribution in [-0.4, -0.2) is 28.1 Å². The molecule has 7 nitrogen and oxygen atoms in total. The number of nitrogens with one attached hydrogen (secondary N) is 2. The Morgan fingerprint density at radius 2 is 1.94 bits per heavy atom. The molecule has 0 spiro atoms. The van der Waals surface area contributed by atoms with Crippen LogP contribution in [0.15, 0.2) is 82.9 Å². The van der Waals surface area contributed by atoms with E-state index < -0.39 is 0 Å². The van der Waals surface area contributed by atoms with Gasteiger partial charge in [-0.3, -0.25) is 14.3 Å². The van der Waals surface area contributed by atoms with Crippen LogP contribution in [0.1, 0.15) is 16.9 Å². The molecule has 3 heterocycles. The van der Waals surface area contributed by atoms with Gasteiger partial charge in [-0.15, -0.1) is 11.3 Å². The summed E-state index contributed by atoms with van der Waals surface area (Å²) in [6.07, 6.45) is 6.60. The van der Waals surface area contributed by atoms with E-state index in [0.29, 0.717) is 12.3 Å². The van der Waals surface area contributed by atoms with Gasteiger partial charge in [0.15, 0.2) is 0 Å². The van der Waals surface area contributed by atoms with E-state index in [4.69, 9.17) is 9.52 Å². The zero-order chi connectivity index (χ0) is 22.2. The molecule has 0 radical (unpaired) electrons. The van der Waals surface area contributed by atoms with Gasteiger partial charge in [-0.25, -0.2) is 0 Å². The maximum absolute atomic E-state index is 12.2. The molecule has 0 aliphatic heterocycles. The second kappa shape index (κ2) is 10.4. The maximum Gasteiger partial charge on any atom is 0.244 e. The zero-order valence-corrected chi connectivity index (χ0v) is 18.0. The van der Waals surface area contributed by atoms with E-state index in [-0.39, 0.29) is 24.9 Å². The third-order valence-electron chi connectivity index (χ3n) is 4.61. The molecule has 0 aliphatic rings. The van der Waals surface area contributed by atoms with Crippen molar-refractivity contribution in [3.8, 4) is 10.6 Å². The Labute approximate surface area is 189 Å². The number of carbonyl (C=O) groups is 2. The first-order valence-corrected chi connectivity index (χ1v) is 11.0. The van der Waals surface area contributed by atoms with Gasteiger partial charge in [0.2, 0.25) is 11.8 Å². The van der Waals surface area contributed by atoms with Gasteiger partial charge < -0.3 is 15.1 Å². The van der Waals surface area contributed by atoms with Crippen molar-refractivity contribution in [2.24, 2.45) is 0 Å². The van der Waals surface area contributed by atoms with Crippen molar-refractivity contribution >= 4 is 29.2 Å². The Bertz CT molecular complexity index is 1180. The van der Waals surface area contributed by atoms with E-state index in [1.807, 2.05) is 58.7 Å². The average molecular weight is 447 g/mol. The fraction of sp³-hybridized carbons (Fsp3) is 0.125. The number of aromatic nitrogens is 2. The molecule has 1 aromatic carbocycles. The molecule has 162 valence electrons. The molecule has 4 aromatic rings. The summed E-state index contributed by atoms with van der Waals surface area (Å²) in [6.45, 7) is 0.798. The Hall–Kier alpha value is -3.91. The van der Waals surface area contributed by atoms with E-state index in [1.54, 1.807) is 35.8 Å². The zero-order valence-electron chi connectivity index (χ0n) is 17.2.